The number of amides is 1. The zero-order valence-electron chi connectivity index (χ0n) is 15.7. The number of piperazine rings is 1. The Morgan fingerprint density at radius 3 is 2.71 bits per heavy atom. The van der Waals surface area contributed by atoms with Crippen LogP contribution in [0.4, 0.5) is 11.4 Å². The molecule has 0 atom stereocenters. The van der Waals surface area contributed by atoms with Gasteiger partial charge in [-0.2, -0.15) is 0 Å². The van der Waals surface area contributed by atoms with E-state index in [1.807, 2.05) is 18.2 Å². The minimum absolute atomic E-state index is 0.203. The van der Waals surface area contributed by atoms with E-state index in [-0.39, 0.29) is 11.0 Å². The summed E-state index contributed by atoms with van der Waals surface area (Å²) in [5.41, 5.74) is 1.74. The quantitative estimate of drug-likeness (QED) is 0.571. The van der Waals surface area contributed by atoms with Gasteiger partial charge in [-0.25, -0.2) is 0 Å². The van der Waals surface area contributed by atoms with Gasteiger partial charge < -0.3 is 19.5 Å². The topological polar surface area (TPSA) is 60.8 Å². The Hall–Kier alpha value is -2.35. The highest BCUT2D eigenvalue weighted by Crippen LogP contribution is 2.29. The summed E-state index contributed by atoms with van der Waals surface area (Å²) in [4.78, 5) is 16.6. The summed E-state index contributed by atoms with van der Waals surface area (Å²) in [6, 6.07) is 9.21. The van der Waals surface area contributed by atoms with Crippen molar-refractivity contribution >= 4 is 52.3 Å². The third kappa shape index (κ3) is 5.58. The summed E-state index contributed by atoms with van der Waals surface area (Å²) in [6.07, 6.45) is 4.47. The van der Waals surface area contributed by atoms with Gasteiger partial charge in [-0.3, -0.25) is 10.1 Å². The van der Waals surface area contributed by atoms with Crippen LogP contribution in [0.25, 0.3) is 6.08 Å². The highest BCUT2D eigenvalue weighted by atomic mass is 35.5. The van der Waals surface area contributed by atoms with Crippen LogP contribution in [0, 0.1) is 0 Å². The lowest BCUT2D eigenvalue weighted by atomic mass is 10.2. The first-order chi connectivity index (χ1) is 13.5. The molecule has 6 nitrogen and oxygen atoms in total. The van der Waals surface area contributed by atoms with Crippen LogP contribution >= 0.6 is 23.8 Å². The second-order valence-corrected chi connectivity index (χ2v) is 7.20. The van der Waals surface area contributed by atoms with E-state index in [1.54, 1.807) is 24.5 Å². The Kier molecular flexibility index (Phi) is 7.08. The number of furan rings is 1. The summed E-state index contributed by atoms with van der Waals surface area (Å²) in [7, 11) is 0. The van der Waals surface area contributed by atoms with Gasteiger partial charge in [0.1, 0.15) is 5.76 Å². The number of rotatable bonds is 5. The molecule has 1 aromatic heterocycles. The van der Waals surface area contributed by atoms with Crippen molar-refractivity contribution in [2.75, 3.05) is 42.9 Å². The number of likely N-dealkylation sites (N-methyl/N-ethyl adjacent to an activating group) is 1. The number of carbonyl (C=O) groups is 1. The molecular formula is C20H23ClN4O2S. The number of halogens is 1. The van der Waals surface area contributed by atoms with Gasteiger partial charge in [-0.05, 0) is 55.2 Å². The molecule has 28 heavy (non-hydrogen) atoms. The van der Waals surface area contributed by atoms with Gasteiger partial charge in [0.15, 0.2) is 5.11 Å². The van der Waals surface area contributed by atoms with Crippen molar-refractivity contribution in [1.29, 1.82) is 0 Å². The van der Waals surface area contributed by atoms with Crippen molar-refractivity contribution in [3.8, 4) is 0 Å². The van der Waals surface area contributed by atoms with Crippen molar-refractivity contribution in [2.45, 2.75) is 6.92 Å². The minimum atomic E-state index is -0.342. The monoisotopic (exact) mass is 418 g/mol. The number of hydrogen-bond donors (Lipinski definition) is 2. The van der Waals surface area contributed by atoms with Crippen molar-refractivity contribution in [2.24, 2.45) is 0 Å². The predicted octanol–water partition coefficient (Wildman–Crippen LogP) is 3.60. The number of thiocarbonyl (C=S) groups is 1. The van der Waals surface area contributed by atoms with E-state index in [0.29, 0.717) is 10.8 Å². The van der Waals surface area contributed by atoms with Crippen LogP contribution in [-0.4, -0.2) is 48.6 Å². The smallest absolute Gasteiger partial charge is 0.250 e. The number of nitrogens with one attached hydrogen (secondary N) is 2. The average Bonchev–Trinajstić information content (AvgIpc) is 3.20. The number of nitrogens with zero attached hydrogens (tertiary/aromatic N) is 2. The summed E-state index contributed by atoms with van der Waals surface area (Å²) in [5, 5.41) is 6.44. The maximum Gasteiger partial charge on any atom is 0.250 e. The molecule has 1 aromatic carbocycles. The number of anilines is 2. The van der Waals surface area contributed by atoms with Gasteiger partial charge in [0.05, 0.1) is 17.0 Å². The maximum atomic E-state index is 11.9. The second kappa shape index (κ2) is 9.73. The molecule has 2 N–H and O–H groups in total. The second-order valence-electron chi connectivity index (χ2n) is 6.38. The molecule has 0 aliphatic carbocycles. The van der Waals surface area contributed by atoms with Gasteiger partial charge in [-0.1, -0.05) is 18.5 Å². The van der Waals surface area contributed by atoms with Crippen LogP contribution in [0.1, 0.15) is 12.7 Å². The Balaban J connectivity index is 1.53. The van der Waals surface area contributed by atoms with E-state index in [0.717, 1.165) is 44.1 Å². The molecule has 0 unspecified atom stereocenters. The lowest BCUT2D eigenvalue weighted by Crippen LogP contribution is -2.46. The third-order valence-electron chi connectivity index (χ3n) is 4.54. The zero-order valence-corrected chi connectivity index (χ0v) is 17.2. The molecule has 3 rings (SSSR count). The molecule has 8 heteroatoms. The van der Waals surface area contributed by atoms with Crippen LogP contribution < -0.4 is 15.5 Å². The number of benzene rings is 1. The van der Waals surface area contributed by atoms with Crippen LogP contribution in [-0.2, 0) is 4.79 Å². The normalized spacial score (nSPS) is 15.0. The van der Waals surface area contributed by atoms with Crippen molar-refractivity contribution in [1.82, 2.24) is 10.2 Å². The van der Waals surface area contributed by atoms with E-state index >= 15 is 0 Å². The van der Waals surface area contributed by atoms with Gasteiger partial charge in [-0.15, -0.1) is 0 Å². The fourth-order valence-electron chi connectivity index (χ4n) is 3.01. The maximum absolute atomic E-state index is 11.9. The van der Waals surface area contributed by atoms with Crippen LogP contribution in [0.5, 0.6) is 0 Å². The van der Waals surface area contributed by atoms with Gasteiger partial charge in [0.25, 0.3) is 0 Å². The van der Waals surface area contributed by atoms with Gasteiger partial charge >= 0.3 is 0 Å². The van der Waals surface area contributed by atoms with Crippen LogP contribution in [0.15, 0.2) is 47.1 Å². The predicted molar refractivity (Wildman–Crippen MR) is 118 cm³/mol. The first-order valence-corrected chi connectivity index (χ1v) is 9.94. The van der Waals surface area contributed by atoms with Crippen molar-refractivity contribution in [3.05, 3.63) is 53.5 Å². The first-order valence-electron chi connectivity index (χ1n) is 9.15. The Morgan fingerprint density at radius 1 is 1.29 bits per heavy atom. The molecule has 0 radical (unpaired) electrons. The Bertz CT molecular complexity index is 846. The first kappa shape index (κ1) is 20.4. The van der Waals surface area contributed by atoms with E-state index < -0.39 is 0 Å². The summed E-state index contributed by atoms with van der Waals surface area (Å²) in [6.45, 7) is 7.23. The fourth-order valence-corrected chi connectivity index (χ4v) is 3.52. The van der Waals surface area contributed by atoms with Crippen molar-refractivity contribution < 1.29 is 9.21 Å². The minimum Gasteiger partial charge on any atom is -0.465 e. The van der Waals surface area contributed by atoms with Gasteiger partial charge in [0.2, 0.25) is 5.91 Å². The fraction of sp³-hybridized carbons (Fsp3) is 0.300. The Labute approximate surface area is 175 Å². The lowest BCUT2D eigenvalue weighted by Gasteiger charge is -2.36. The molecule has 0 bridgehead atoms. The van der Waals surface area contributed by atoms with E-state index in [4.69, 9.17) is 28.2 Å². The average molecular weight is 419 g/mol. The SMILES string of the molecule is CCN1CCN(c2ccc(NC(=S)NC(=O)/C=C\c3ccco3)cc2Cl)CC1. The summed E-state index contributed by atoms with van der Waals surface area (Å²) < 4.78 is 5.13. The highest BCUT2D eigenvalue weighted by molar-refractivity contribution is 7.80. The third-order valence-corrected chi connectivity index (χ3v) is 5.05. The zero-order chi connectivity index (χ0) is 19.9. The largest absolute Gasteiger partial charge is 0.465 e. The summed E-state index contributed by atoms with van der Waals surface area (Å²) in [5.74, 6) is 0.251. The lowest BCUT2D eigenvalue weighted by molar-refractivity contribution is -0.115. The van der Waals surface area contributed by atoms with E-state index in [9.17, 15) is 4.79 Å². The molecule has 1 aliphatic heterocycles. The number of carbonyl (C=O) groups excluding carboxylic acids is 1. The highest BCUT2D eigenvalue weighted by Gasteiger charge is 2.18. The molecule has 1 amide bonds. The molecule has 0 spiro atoms. The summed E-state index contributed by atoms with van der Waals surface area (Å²) >= 11 is 11.7. The van der Waals surface area contributed by atoms with Crippen LogP contribution in [0.2, 0.25) is 5.02 Å². The van der Waals surface area contributed by atoms with E-state index in [1.165, 1.54) is 6.08 Å². The molecule has 1 fully saturated rings. The Morgan fingerprint density at radius 2 is 2.07 bits per heavy atom. The van der Waals surface area contributed by atoms with Gasteiger partial charge in [0, 0.05) is 37.9 Å². The molecule has 0 saturated carbocycles. The van der Waals surface area contributed by atoms with Crippen molar-refractivity contribution in [3.63, 3.8) is 0 Å². The van der Waals surface area contributed by atoms with Crippen LogP contribution in [0.3, 0.4) is 0 Å². The molecular weight excluding hydrogens is 396 g/mol. The van der Waals surface area contributed by atoms with E-state index in [2.05, 4.69) is 27.4 Å². The molecule has 2 heterocycles. The standard InChI is InChI=1S/C20H23ClN4O2S/c1-2-24-9-11-25(12-10-24)18-7-5-15(14-17(18)21)22-20(28)23-19(26)8-6-16-4-3-13-27-16/h3-8,13-14H,2,9-12H2,1H3,(H2,22,23,26,28)/b8-6-. The molecule has 1 saturated heterocycles. The molecule has 1 aliphatic rings. The number of hydrogen-bond acceptors (Lipinski definition) is 5. The molecule has 2 aromatic rings. The molecule has 148 valence electrons.